The van der Waals surface area contributed by atoms with Crippen molar-refractivity contribution in [2.45, 2.75) is 56.4 Å². The van der Waals surface area contributed by atoms with Gasteiger partial charge in [-0.3, -0.25) is 14.9 Å². The number of benzene rings is 1. The summed E-state index contributed by atoms with van der Waals surface area (Å²) in [5.74, 6) is -1.26. The summed E-state index contributed by atoms with van der Waals surface area (Å²) < 4.78 is 27.6. The quantitative estimate of drug-likeness (QED) is 0.265. The van der Waals surface area contributed by atoms with Gasteiger partial charge in [-0.05, 0) is 25.0 Å². The normalized spacial score (nSPS) is 23.9. The molecule has 5 atom stereocenters. The fourth-order valence-corrected chi connectivity index (χ4v) is 3.27. The highest BCUT2D eigenvalue weighted by atomic mass is 16.7. The lowest BCUT2D eigenvalue weighted by Gasteiger charge is -2.43. The first-order chi connectivity index (χ1) is 16.4. The molecule has 0 aromatic heterocycles. The number of carbonyl (C=O) groups excluding carboxylic acids is 3. The molecule has 0 aliphatic carbocycles. The van der Waals surface area contributed by atoms with Crippen LogP contribution in [-0.4, -0.2) is 67.6 Å². The van der Waals surface area contributed by atoms with Gasteiger partial charge in [-0.25, -0.2) is 4.79 Å². The average Bonchev–Trinajstić information content (AvgIpc) is 2.84. The Kier molecular flexibility index (Phi) is 11.2. The van der Waals surface area contributed by atoms with E-state index in [-0.39, 0.29) is 12.8 Å². The largest absolute Gasteiger partial charge is 0.455 e. The number of anilines is 1. The minimum Gasteiger partial charge on any atom is -0.455 e. The summed E-state index contributed by atoms with van der Waals surface area (Å²) in [6.07, 6.45) is -3.20. The fourth-order valence-electron chi connectivity index (χ4n) is 3.27. The third kappa shape index (κ3) is 7.98. The lowest BCUT2D eigenvalue weighted by molar-refractivity contribution is -0.298. The number of rotatable bonds is 12. The molecule has 0 saturated carbocycles. The fraction of sp³-hybridized carbons (Fsp3) is 0.458. The van der Waals surface area contributed by atoms with E-state index in [0.29, 0.717) is 18.5 Å². The zero-order valence-corrected chi connectivity index (χ0v) is 19.1. The van der Waals surface area contributed by atoms with Gasteiger partial charge < -0.3 is 28.8 Å². The third-order valence-corrected chi connectivity index (χ3v) is 4.91. The first-order valence-corrected chi connectivity index (χ1v) is 10.9. The first-order valence-electron chi connectivity index (χ1n) is 10.9. The third-order valence-electron chi connectivity index (χ3n) is 4.91. The molecule has 0 bridgehead atoms. The number of allylic oxidation sites excluding steroid dienone is 2. The van der Waals surface area contributed by atoms with Gasteiger partial charge in [0.05, 0.1) is 6.61 Å². The van der Waals surface area contributed by atoms with Crippen molar-refractivity contribution >= 4 is 23.7 Å². The highest BCUT2D eigenvalue weighted by molar-refractivity contribution is 5.84. The molecule has 2 N–H and O–H groups in total. The summed E-state index contributed by atoms with van der Waals surface area (Å²) in [6, 6.07) is 8.56. The number of hydrogen-bond donors (Lipinski definition) is 2. The van der Waals surface area contributed by atoms with Crippen molar-refractivity contribution in [3.05, 3.63) is 55.6 Å². The lowest BCUT2D eigenvalue weighted by atomic mass is 9.98. The summed E-state index contributed by atoms with van der Waals surface area (Å²) >= 11 is 0. The van der Waals surface area contributed by atoms with E-state index in [1.54, 1.807) is 42.5 Å². The number of esters is 2. The Balaban J connectivity index is 2.30. The van der Waals surface area contributed by atoms with E-state index in [4.69, 9.17) is 23.7 Å². The van der Waals surface area contributed by atoms with Crippen LogP contribution in [0.15, 0.2) is 55.6 Å². The maximum atomic E-state index is 12.6. The van der Waals surface area contributed by atoms with E-state index in [1.165, 1.54) is 7.11 Å². The minimum atomic E-state index is -1.30. The van der Waals surface area contributed by atoms with Crippen LogP contribution in [0.4, 0.5) is 10.5 Å². The molecule has 1 aliphatic heterocycles. The molecule has 0 unspecified atom stereocenters. The van der Waals surface area contributed by atoms with E-state index < -0.39 is 55.3 Å². The lowest BCUT2D eigenvalue weighted by Crippen LogP contribution is -2.62. The molecular weight excluding hydrogens is 446 g/mol. The zero-order valence-electron chi connectivity index (χ0n) is 19.1. The van der Waals surface area contributed by atoms with Crippen molar-refractivity contribution in [2.75, 3.05) is 19.0 Å². The van der Waals surface area contributed by atoms with Crippen molar-refractivity contribution in [1.29, 1.82) is 0 Å². The molecule has 1 fully saturated rings. The predicted octanol–water partition coefficient (Wildman–Crippen LogP) is 2.72. The second kappa shape index (κ2) is 14.1. The number of aliphatic hydroxyl groups is 1. The molecular formula is C24H31NO9. The Labute approximate surface area is 198 Å². The monoisotopic (exact) mass is 477 g/mol. The van der Waals surface area contributed by atoms with Gasteiger partial charge in [-0.1, -0.05) is 30.4 Å². The standard InChI is InChI=1S/C24H31NO9/c1-4-6-13-18(27)32-20-17(15-26)31-23(30-3)22(21(20)33-19(28)14-7-5-2)34-24(29)25-16-11-9-8-10-12-16/h4-5,8-12,17,20-23,26H,1-2,6-7,13-15H2,3H3,(H,25,29)/t17-,20-,21+,22-,23+/m1/s1. The van der Waals surface area contributed by atoms with Crippen LogP contribution in [0.5, 0.6) is 0 Å². The molecule has 34 heavy (non-hydrogen) atoms. The van der Waals surface area contributed by atoms with E-state index in [2.05, 4.69) is 18.5 Å². The van der Waals surface area contributed by atoms with Gasteiger partial charge in [0, 0.05) is 25.6 Å². The predicted molar refractivity (Wildman–Crippen MR) is 122 cm³/mol. The molecule has 0 radical (unpaired) electrons. The average molecular weight is 478 g/mol. The second-order valence-electron chi connectivity index (χ2n) is 7.39. The van der Waals surface area contributed by atoms with Gasteiger partial charge in [-0.15, -0.1) is 13.2 Å². The summed E-state index contributed by atoms with van der Waals surface area (Å²) in [5.41, 5.74) is 0.471. The maximum absolute atomic E-state index is 12.6. The number of methoxy groups -OCH3 is 1. The Bertz CT molecular complexity index is 829. The topological polar surface area (TPSA) is 130 Å². The number of aliphatic hydroxyl groups excluding tert-OH is 1. The van der Waals surface area contributed by atoms with E-state index in [0.717, 1.165) is 0 Å². The molecule has 10 heteroatoms. The van der Waals surface area contributed by atoms with Crippen molar-refractivity contribution in [3.8, 4) is 0 Å². The Hall–Kier alpha value is -3.21. The van der Waals surface area contributed by atoms with Crippen LogP contribution in [0, 0.1) is 0 Å². The SMILES string of the molecule is C=CCCC(=O)O[C@@H]1[C@@H](OC(=O)Nc2ccccc2)[C@@H](OC)O[C@H](CO)[C@H]1OC(=O)CCC=C. The van der Waals surface area contributed by atoms with E-state index >= 15 is 0 Å². The van der Waals surface area contributed by atoms with Gasteiger partial charge in [0.1, 0.15) is 6.10 Å². The van der Waals surface area contributed by atoms with Gasteiger partial charge >= 0.3 is 18.0 Å². The van der Waals surface area contributed by atoms with Crippen LogP contribution in [-0.2, 0) is 33.3 Å². The highest BCUT2D eigenvalue weighted by Crippen LogP contribution is 2.30. The summed E-state index contributed by atoms with van der Waals surface area (Å²) in [6.45, 7) is 6.57. The molecule has 1 heterocycles. The van der Waals surface area contributed by atoms with Gasteiger partial charge in [0.25, 0.3) is 0 Å². The Morgan fingerprint density at radius 2 is 1.56 bits per heavy atom. The van der Waals surface area contributed by atoms with Crippen molar-refractivity contribution in [3.63, 3.8) is 0 Å². The number of hydrogen-bond acceptors (Lipinski definition) is 9. The number of amides is 1. The van der Waals surface area contributed by atoms with Gasteiger partial charge in [0.15, 0.2) is 24.6 Å². The molecule has 1 aromatic carbocycles. The minimum absolute atomic E-state index is 0.00234. The van der Waals surface area contributed by atoms with Crippen LogP contribution in [0.2, 0.25) is 0 Å². The van der Waals surface area contributed by atoms with Crippen molar-refractivity contribution in [1.82, 2.24) is 0 Å². The Morgan fingerprint density at radius 1 is 0.971 bits per heavy atom. The second-order valence-corrected chi connectivity index (χ2v) is 7.39. The number of ether oxygens (including phenoxy) is 5. The summed E-state index contributed by atoms with van der Waals surface area (Å²) in [5, 5.41) is 12.4. The van der Waals surface area contributed by atoms with E-state index in [1.807, 2.05) is 0 Å². The van der Waals surface area contributed by atoms with Crippen LogP contribution in [0.1, 0.15) is 25.7 Å². The van der Waals surface area contributed by atoms with Crippen LogP contribution < -0.4 is 5.32 Å². The van der Waals surface area contributed by atoms with Crippen molar-refractivity contribution in [2.24, 2.45) is 0 Å². The molecule has 1 aliphatic rings. The first kappa shape index (κ1) is 27.0. The van der Waals surface area contributed by atoms with Crippen LogP contribution >= 0.6 is 0 Å². The molecule has 0 spiro atoms. The smallest absolute Gasteiger partial charge is 0.412 e. The molecule has 1 amide bonds. The molecule has 1 aromatic rings. The van der Waals surface area contributed by atoms with E-state index in [9.17, 15) is 19.5 Å². The van der Waals surface area contributed by atoms with Gasteiger partial charge in [-0.2, -0.15) is 0 Å². The van der Waals surface area contributed by atoms with Gasteiger partial charge in [0.2, 0.25) is 0 Å². The zero-order chi connectivity index (χ0) is 24.9. The van der Waals surface area contributed by atoms with Crippen LogP contribution in [0.25, 0.3) is 0 Å². The maximum Gasteiger partial charge on any atom is 0.412 e. The number of nitrogens with one attached hydrogen (secondary N) is 1. The van der Waals surface area contributed by atoms with Crippen LogP contribution in [0.3, 0.4) is 0 Å². The molecule has 2 rings (SSSR count). The summed E-state index contributed by atoms with van der Waals surface area (Å²) in [7, 11) is 1.30. The summed E-state index contributed by atoms with van der Waals surface area (Å²) in [4.78, 5) is 37.4. The number of para-hydroxylation sites is 1. The number of carbonyl (C=O) groups is 3. The molecule has 10 nitrogen and oxygen atoms in total. The molecule has 1 saturated heterocycles. The highest BCUT2D eigenvalue weighted by Gasteiger charge is 2.52. The van der Waals surface area contributed by atoms with Crippen molar-refractivity contribution < 1.29 is 43.2 Å². The molecule has 186 valence electrons. The Morgan fingerprint density at radius 3 is 2.09 bits per heavy atom.